The summed E-state index contributed by atoms with van der Waals surface area (Å²) in [6.07, 6.45) is 0. The molecule has 0 aliphatic rings. The molecule has 0 amide bonds. The van der Waals surface area contributed by atoms with Gasteiger partial charge in [0.15, 0.2) is 0 Å². The molecule has 0 saturated carbocycles. The normalized spacial score (nSPS) is 9.12. The highest BCUT2D eigenvalue weighted by Crippen LogP contribution is 2.19. The predicted molar refractivity (Wildman–Crippen MR) is 32.0 cm³/mol. The number of aromatic hydroxyl groups is 1. The van der Waals surface area contributed by atoms with Crippen LogP contribution < -0.4 is 0 Å². The molecular formula is C6H4ClO. The van der Waals surface area contributed by atoms with Gasteiger partial charge in [0, 0.05) is 0 Å². The van der Waals surface area contributed by atoms with Crippen molar-refractivity contribution in [1.82, 2.24) is 0 Å². The Labute approximate surface area is 52.5 Å². The van der Waals surface area contributed by atoms with Crippen LogP contribution in [0.1, 0.15) is 0 Å². The molecule has 0 aliphatic heterocycles. The van der Waals surface area contributed by atoms with Gasteiger partial charge in [0.2, 0.25) is 0 Å². The SMILES string of the molecule is Oc1cc[c]cc1Cl. The summed E-state index contributed by atoms with van der Waals surface area (Å²) >= 11 is 5.43. The number of hydrogen-bond acceptors (Lipinski definition) is 1. The van der Waals surface area contributed by atoms with Gasteiger partial charge in [-0.2, -0.15) is 0 Å². The smallest absolute Gasteiger partial charge is 0.134 e. The lowest BCUT2D eigenvalue weighted by Gasteiger charge is -1.89. The van der Waals surface area contributed by atoms with E-state index < -0.39 is 0 Å². The third-order valence-corrected chi connectivity index (χ3v) is 1.09. The van der Waals surface area contributed by atoms with E-state index in [0.717, 1.165) is 0 Å². The van der Waals surface area contributed by atoms with Gasteiger partial charge in [-0.3, -0.25) is 0 Å². The maximum atomic E-state index is 8.77. The maximum absolute atomic E-state index is 8.77. The lowest BCUT2D eigenvalue weighted by Crippen LogP contribution is -1.63. The molecule has 1 aromatic carbocycles. The van der Waals surface area contributed by atoms with Crippen molar-refractivity contribution in [1.29, 1.82) is 0 Å². The highest BCUT2D eigenvalue weighted by atomic mass is 35.5. The molecule has 1 N–H and O–H groups in total. The molecule has 2 heteroatoms. The first-order valence-electron chi connectivity index (χ1n) is 2.15. The second-order valence-electron chi connectivity index (χ2n) is 1.38. The minimum atomic E-state index is 0.102. The average molecular weight is 128 g/mol. The Bertz CT molecular complexity index is 165. The first-order valence-corrected chi connectivity index (χ1v) is 2.53. The number of phenols is 1. The van der Waals surface area contributed by atoms with E-state index >= 15 is 0 Å². The molecule has 0 atom stereocenters. The van der Waals surface area contributed by atoms with Gasteiger partial charge in [-0.05, 0) is 18.2 Å². The molecule has 1 radical (unpaired) electrons. The number of rotatable bonds is 0. The molecule has 0 heterocycles. The van der Waals surface area contributed by atoms with E-state index in [0.29, 0.717) is 5.02 Å². The zero-order valence-corrected chi connectivity index (χ0v) is 4.81. The van der Waals surface area contributed by atoms with Crippen LogP contribution >= 0.6 is 11.6 Å². The van der Waals surface area contributed by atoms with Crippen LogP contribution in [0.25, 0.3) is 0 Å². The first kappa shape index (κ1) is 5.45. The molecule has 0 fully saturated rings. The molecule has 41 valence electrons. The largest absolute Gasteiger partial charge is 0.506 e. The van der Waals surface area contributed by atoms with Gasteiger partial charge in [0.05, 0.1) is 5.02 Å². The Hall–Kier alpha value is -0.690. The maximum Gasteiger partial charge on any atom is 0.134 e. The van der Waals surface area contributed by atoms with Crippen LogP contribution in [0.2, 0.25) is 5.02 Å². The molecule has 0 bridgehead atoms. The van der Waals surface area contributed by atoms with Gasteiger partial charge in [0.25, 0.3) is 0 Å². The van der Waals surface area contributed by atoms with E-state index in [9.17, 15) is 0 Å². The van der Waals surface area contributed by atoms with E-state index in [1.807, 2.05) is 0 Å². The molecule has 0 unspecified atom stereocenters. The van der Waals surface area contributed by atoms with Crippen molar-refractivity contribution in [2.45, 2.75) is 0 Å². The monoisotopic (exact) mass is 127 g/mol. The fraction of sp³-hybridized carbons (Fsp3) is 0. The molecular weight excluding hydrogens is 124 g/mol. The van der Waals surface area contributed by atoms with Crippen LogP contribution in [0, 0.1) is 6.07 Å². The average Bonchev–Trinajstić information content (AvgIpc) is 1.77. The third kappa shape index (κ3) is 0.928. The fourth-order valence-electron chi connectivity index (χ4n) is 0.402. The molecule has 1 rings (SSSR count). The molecule has 1 aromatic rings. The van der Waals surface area contributed by atoms with Gasteiger partial charge in [-0.1, -0.05) is 17.7 Å². The molecule has 0 aliphatic carbocycles. The summed E-state index contributed by atoms with van der Waals surface area (Å²) in [7, 11) is 0. The van der Waals surface area contributed by atoms with Crippen LogP contribution in [-0.4, -0.2) is 5.11 Å². The Morgan fingerprint density at radius 1 is 1.62 bits per heavy atom. The number of benzene rings is 1. The van der Waals surface area contributed by atoms with Crippen LogP contribution in [0.3, 0.4) is 0 Å². The third-order valence-electron chi connectivity index (χ3n) is 0.792. The quantitative estimate of drug-likeness (QED) is 0.564. The van der Waals surface area contributed by atoms with Crippen molar-refractivity contribution < 1.29 is 5.11 Å². The van der Waals surface area contributed by atoms with Crippen molar-refractivity contribution in [3.05, 3.63) is 29.3 Å². The molecule has 0 aromatic heterocycles. The Balaban J connectivity index is 3.13. The molecule has 1 nitrogen and oxygen atoms in total. The predicted octanol–water partition coefficient (Wildman–Crippen LogP) is 1.85. The van der Waals surface area contributed by atoms with Gasteiger partial charge in [0.1, 0.15) is 5.75 Å². The van der Waals surface area contributed by atoms with Gasteiger partial charge >= 0.3 is 0 Å². The van der Waals surface area contributed by atoms with E-state index in [1.54, 1.807) is 6.07 Å². The van der Waals surface area contributed by atoms with Gasteiger partial charge < -0.3 is 5.11 Å². The Morgan fingerprint density at radius 2 is 2.38 bits per heavy atom. The zero-order valence-electron chi connectivity index (χ0n) is 4.06. The summed E-state index contributed by atoms with van der Waals surface area (Å²) in [6.45, 7) is 0. The summed E-state index contributed by atoms with van der Waals surface area (Å²) in [5, 5.41) is 9.11. The van der Waals surface area contributed by atoms with Crippen molar-refractivity contribution in [2.24, 2.45) is 0 Å². The van der Waals surface area contributed by atoms with E-state index in [4.69, 9.17) is 16.7 Å². The summed E-state index contributed by atoms with van der Waals surface area (Å²) in [5.41, 5.74) is 0. The minimum Gasteiger partial charge on any atom is -0.506 e. The van der Waals surface area contributed by atoms with Gasteiger partial charge in [-0.15, -0.1) is 0 Å². The van der Waals surface area contributed by atoms with Crippen LogP contribution in [0.4, 0.5) is 0 Å². The standard InChI is InChI=1S/C6H4ClO/c7-5-3-1-2-4-6(5)8/h2-4,8H. The second kappa shape index (κ2) is 2.05. The van der Waals surface area contributed by atoms with Crippen molar-refractivity contribution >= 4 is 11.6 Å². The Kier molecular flexibility index (Phi) is 1.40. The van der Waals surface area contributed by atoms with Crippen molar-refractivity contribution in [2.75, 3.05) is 0 Å². The van der Waals surface area contributed by atoms with Crippen molar-refractivity contribution in [3.63, 3.8) is 0 Å². The zero-order chi connectivity index (χ0) is 5.98. The van der Waals surface area contributed by atoms with Crippen LogP contribution in [0.5, 0.6) is 5.75 Å². The topological polar surface area (TPSA) is 20.2 Å². The fourth-order valence-corrected chi connectivity index (χ4v) is 0.528. The van der Waals surface area contributed by atoms with Gasteiger partial charge in [-0.25, -0.2) is 0 Å². The number of hydrogen-bond donors (Lipinski definition) is 1. The van der Waals surface area contributed by atoms with E-state index in [1.165, 1.54) is 12.1 Å². The first-order chi connectivity index (χ1) is 3.80. The molecule has 8 heavy (non-hydrogen) atoms. The molecule has 0 spiro atoms. The molecule has 0 saturated heterocycles. The lowest BCUT2D eigenvalue weighted by molar-refractivity contribution is 0.475. The summed E-state index contributed by atoms with van der Waals surface area (Å²) in [4.78, 5) is 0. The van der Waals surface area contributed by atoms with Crippen molar-refractivity contribution in [3.8, 4) is 5.75 Å². The number of phenolic OH excluding ortho intramolecular Hbond substituents is 1. The number of halogens is 1. The second-order valence-corrected chi connectivity index (χ2v) is 1.78. The van der Waals surface area contributed by atoms with E-state index in [-0.39, 0.29) is 5.75 Å². The van der Waals surface area contributed by atoms with Crippen LogP contribution in [-0.2, 0) is 0 Å². The minimum absolute atomic E-state index is 0.102. The van der Waals surface area contributed by atoms with E-state index in [2.05, 4.69) is 6.07 Å². The summed E-state index contributed by atoms with van der Waals surface area (Å²) in [6, 6.07) is 7.31. The Morgan fingerprint density at radius 3 is 2.75 bits per heavy atom. The van der Waals surface area contributed by atoms with Crippen LogP contribution in [0.15, 0.2) is 18.2 Å². The highest BCUT2D eigenvalue weighted by molar-refractivity contribution is 6.31. The summed E-state index contributed by atoms with van der Waals surface area (Å²) < 4.78 is 0. The lowest BCUT2D eigenvalue weighted by atomic mass is 10.3. The highest BCUT2D eigenvalue weighted by Gasteiger charge is 1.90. The summed E-state index contributed by atoms with van der Waals surface area (Å²) in [5.74, 6) is 0.102.